The average Bonchev–Trinajstić information content (AvgIpc) is 2.62. The minimum absolute atomic E-state index is 0.253. The lowest BCUT2D eigenvalue weighted by Gasteiger charge is -1.95. The topological polar surface area (TPSA) is 39.4 Å². The number of ether oxygens (including phenoxy) is 1. The van der Waals surface area contributed by atoms with E-state index in [4.69, 9.17) is 4.42 Å². The molecule has 0 spiro atoms. The minimum atomic E-state index is -0.253. The lowest BCUT2D eigenvalue weighted by Crippen LogP contribution is -2.03. The molecule has 3 heteroatoms. The molecule has 0 aliphatic heterocycles. The predicted molar refractivity (Wildman–Crippen MR) is 51.9 cm³/mol. The van der Waals surface area contributed by atoms with Gasteiger partial charge in [0.05, 0.1) is 19.8 Å². The van der Waals surface area contributed by atoms with E-state index in [0.717, 1.165) is 16.5 Å². The Labute approximate surface area is 81.3 Å². The van der Waals surface area contributed by atoms with Gasteiger partial charge < -0.3 is 9.15 Å². The number of rotatable bonds is 2. The molecule has 2 rings (SSSR count). The molecular weight excluding hydrogens is 180 g/mol. The van der Waals surface area contributed by atoms with Crippen LogP contribution in [-0.4, -0.2) is 13.1 Å². The highest BCUT2D eigenvalue weighted by Crippen LogP contribution is 2.21. The van der Waals surface area contributed by atoms with Crippen molar-refractivity contribution in [3.05, 3.63) is 36.1 Å². The summed E-state index contributed by atoms with van der Waals surface area (Å²) >= 11 is 0. The first kappa shape index (κ1) is 8.81. The summed E-state index contributed by atoms with van der Waals surface area (Å²) in [6, 6.07) is 7.61. The Bertz CT molecular complexity index is 456. The Morgan fingerprint density at radius 2 is 2.21 bits per heavy atom. The van der Waals surface area contributed by atoms with Crippen LogP contribution in [-0.2, 0) is 16.0 Å². The summed E-state index contributed by atoms with van der Waals surface area (Å²) in [4.78, 5) is 11.1. The molecular formula is C11H10O3. The molecule has 3 nitrogen and oxygen atoms in total. The van der Waals surface area contributed by atoms with Crippen LogP contribution in [0.15, 0.2) is 34.9 Å². The van der Waals surface area contributed by atoms with Gasteiger partial charge in [-0.1, -0.05) is 18.2 Å². The number of methoxy groups -OCH3 is 1. The second-order valence-electron chi connectivity index (χ2n) is 3.01. The van der Waals surface area contributed by atoms with Crippen molar-refractivity contribution in [1.82, 2.24) is 0 Å². The van der Waals surface area contributed by atoms with Crippen LogP contribution in [0.2, 0.25) is 0 Å². The number of fused-ring (bicyclic) bond motifs is 1. The van der Waals surface area contributed by atoms with Crippen LogP contribution >= 0.6 is 0 Å². The smallest absolute Gasteiger partial charge is 0.310 e. The van der Waals surface area contributed by atoms with Crippen molar-refractivity contribution in [2.45, 2.75) is 6.42 Å². The zero-order valence-electron chi connectivity index (χ0n) is 7.82. The Morgan fingerprint density at radius 1 is 1.43 bits per heavy atom. The molecule has 0 bridgehead atoms. The third-order valence-corrected chi connectivity index (χ3v) is 2.12. The molecule has 0 saturated carbocycles. The van der Waals surface area contributed by atoms with E-state index < -0.39 is 0 Å². The monoisotopic (exact) mass is 190 g/mol. The molecule has 14 heavy (non-hydrogen) atoms. The summed E-state index contributed by atoms with van der Waals surface area (Å²) in [6.45, 7) is 0. The molecule has 0 N–H and O–H groups in total. The fourth-order valence-electron chi connectivity index (χ4n) is 1.40. The zero-order chi connectivity index (χ0) is 9.97. The van der Waals surface area contributed by atoms with E-state index in [9.17, 15) is 4.79 Å². The average molecular weight is 190 g/mol. The minimum Gasteiger partial charge on any atom is -0.469 e. The highest BCUT2D eigenvalue weighted by atomic mass is 16.5. The quantitative estimate of drug-likeness (QED) is 0.681. The molecule has 1 aromatic carbocycles. The fraction of sp³-hybridized carbons (Fsp3) is 0.182. The Morgan fingerprint density at radius 3 is 3.00 bits per heavy atom. The van der Waals surface area contributed by atoms with Crippen molar-refractivity contribution >= 4 is 16.9 Å². The summed E-state index contributed by atoms with van der Waals surface area (Å²) in [7, 11) is 1.38. The Hall–Kier alpha value is -1.77. The van der Waals surface area contributed by atoms with Crippen molar-refractivity contribution in [3.8, 4) is 0 Å². The third-order valence-electron chi connectivity index (χ3n) is 2.12. The van der Waals surface area contributed by atoms with E-state index in [1.165, 1.54) is 7.11 Å². The zero-order valence-corrected chi connectivity index (χ0v) is 7.82. The number of esters is 1. The summed E-state index contributed by atoms with van der Waals surface area (Å²) in [5.41, 5.74) is 1.67. The van der Waals surface area contributed by atoms with Crippen LogP contribution in [0.4, 0.5) is 0 Å². The number of carbonyl (C=O) groups excluding carboxylic acids is 1. The highest BCUT2D eigenvalue weighted by molar-refractivity contribution is 5.85. The van der Waals surface area contributed by atoms with Crippen LogP contribution in [0.1, 0.15) is 5.56 Å². The van der Waals surface area contributed by atoms with Crippen LogP contribution in [0, 0.1) is 0 Å². The number of carbonyl (C=O) groups is 1. The van der Waals surface area contributed by atoms with Crippen LogP contribution < -0.4 is 0 Å². The van der Waals surface area contributed by atoms with Crippen molar-refractivity contribution in [2.24, 2.45) is 0 Å². The molecule has 0 atom stereocenters. The van der Waals surface area contributed by atoms with Crippen LogP contribution in [0.3, 0.4) is 0 Å². The van der Waals surface area contributed by atoms with Gasteiger partial charge in [-0.05, 0) is 6.07 Å². The van der Waals surface area contributed by atoms with Gasteiger partial charge in [-0.2, -0.15) is 0 Å². The molecule has 0 saturated heterocycles. The number of hydrogen-bond donors (Lipinski definition) is 0. The van der Waals surface area contributed by atoms with E-state index >= 15 is 0 Å². The van der Waals surface area contributed by atoms with Crippen LogP contribution in [0.5, 0.6) is 0 Å². The molecule has 0 radical (unpaired) electrons. The lowest BCUT2D eigenvalue weighted by molar-refractivity contribution is -0.139. The summed E-state index contributed by atoms with van der Waals surface area (Å²) in [5.74, 6) is -0.253. The van der Waals surface area contributed by atoms with E-state index in [2.05, 4.69) is 4.74 Å². The van der Waals surface area contributed by atoms with Gasteiger partial charge in [0.1, 0.15) is 5.58 Å². The number of furan rings is 1. The van der Waals surface area contributed by atoms with Gasteiger partial charge in [0, 0.05) is 10.9 Å². The van der Waals surface area contributed by atoms with Crippen molar-refractivity contribution in [2.75, 3.05) is 7.11 Å². The summed E-state index contributed by atoms with van der Waals surface area (Å²) in [5, 5.41) is 0.970. The molecule has 1 heterocycles. The maximum atomic E-state index is 11.1. The first-order chi connectivity index (χ1) is 6.81. The maximum Gasteiger partial charge on any atom is 0.310 e. The van der Waals surface area contributed by atoms with E-state index in [1.807, 2.05) is 24.3 Å². The van der Waals surface area contributed by atoms with Gasteiger partial charge in [-0.15, -0.1) is 0 Å². The molecule has 0 aliphatic rings. The lowest BCUT2D eigenvalue weighted by atomic mass is 10.1. The van der Waals surface area contributed by atoms with Gasteiger partial charge in [-0.3, -0.25) is 4.79 Å². The van der Waals surface area contributed by atoms with E-state index in [-0.39, 0.29) is 12.4 Å². The van der Waals surface area contributed by atoms with Gasteiger partial charge in [0.15, 0.2) is 0 Å². The number of hydrogen-bond acceptors (Lipinski definition) is 3. The second-order valence-corrected chi connectivity index (χ2v) is 3.01. The van der Waals surface area contributed by atoms with E-state index in [1.54, 1.807) is 6.26 Å². The SMILES string of the molecule is COC(=O)Cc1coc2ccccc12. The standard InChI is InChI=1S/C11H10O3/c1-13-11(12)6-8-7-14-10-5-3-2-4-9(8)10/h2-5,7H,6H2,1H3. The number of para-hydroxylation sites is 1. The first-order valence-electron chi connectivity index (χ1n) is 4.33. The van der Waals surface area contributed by atoms with Gasteiger partial charge in [0.2, 0.25) is 0 Å². The first-order valence-corrected chi connectivity index (χ1v) is 4.33. The molecule has 0 fully saturated rings. The number of benzene rings is 1. The molecule has 1 aromatic heterocycles. The normalized spacial score (nSPS) is 10.4. The van der Waals surface area contributed by atoms with Crippen molar-refractivity contribution in [3.63, 3.8) is 0 Å². The third kappa shape index (κ3) is 1.48. The molecule has 0 amide bonds. The second kappa shape index (κ2) is 3.54. The Balaban J connectivity index is 2.38. The largest absolute Gasteiger partial charge is 0.469 e. The van der Waals surface area contributed by atoms with Crippen molar-refractivity contribution in [1.29, 1.82) is 0 Å². The van der Waals surface area contributed by atoms with Gasteiger partial charge in [-0.25, -0.2) is 0 Å². The van der Waals surface area contributed by atoms with Crippen LogP contribution in [0.25, 0.3) is 11.0 Å². The van der Waals surface area contributed by atoms with Gasteiger partial charge >= 0.3 is 5.97 Å². The highest BCUT2D eigenvalue weighted by Gasteiger charge is 2.09. The molecule has 72 valence electrons. The Kier molecular flexibility index (Phi) is 2.23. The molecule has 2 aromatic rings. The van der Waals surface area contributed by atoms with E-state index in [0.29, 0.717) is 0 Å². The predicted octanol–water partition coefficient (Wildman–Crippen LogP) is 2.15. The van der Waals surface area contributed by atoms with Gasteiger partial charge in [0.25, 0.3) is 0 Å². The maximum absolute atomic E-state index is 11.1. The van der Waals surface area contributed by atoms with Crippen molar-refractivity contribution < 1.29 is 13.9 Å². The summed E-state index contributed by atoms with van der Waals surface area (Å²) < 4.78 is 9.88. The molecule has 0 aliphatic carbocycles. The summed E-state index contributed by atoms with van der Waals surface area (Å²) in [6.07, 6.45) is 1.86. The molecule has 0 unspecified atom stereocenters. The fourth-order valence-corrected chi connectivity index (χ4v) is 1.40.